The standard InChI is InChI=1S/C12H17N5O/c1-8(2)17-5-4-11(15-17)14-12(18)10-6-9(13)7-16(10)3/h4-8H,13H2,1-3H3,(H,14,15,18). The van der Waals surface area contributed by atoms with E-state index in [2.05, 4.69) is 10.4 Å². The summed E-state index contributed by atoms with van der Waals surface area (Å²) in [5, 5.41) is 7.00. The second-order valence-electron chi connectivity index (χ2n) is 4.50. The molecule has 0 spiro atoms. The van der Waals surface area contributed by atoms with Crippen molar-refractivity contribution in [2.75, 3.05) is 11.1 Å². The lowest BCUT2D eigenvalue weighted by Crippen LogP contribution is -2.16. The number of hydrogen-bond donors (Lipinski definition) is 2. The van der Waals surface area contributed by atoms with E-state index >= 15 is 0 Å². The van der Waals surface area contributed by atoms with Gasteiger partial charge in [-0.3, -0.25) is 9.48 Å². The Morgan fingerprint density at radius 3 is 2.72 bits per heavy atom. The number of amides is 1. The first-order valence-corrected chi connectivity index (χ1v) is 5.75. The molecule has 0 aliphatic carbocycles. The van der Waals surface area contributed by atoms with Gasteiger partial charge in [-0.15, -0.1) is 0 Å². The quantitative estimate of drug-likeness (QED) is 0.865. The van der Waals surface area contributed by atoms with Gasteiger partial charge in [-0.05, 0) is 19.9 Å². The zero-order valence-electron chi connectivity index (χ0n) is 10.7. The number of aryl methyl sites for hydroxylation is 1. The second kappa shape index (κ2) is 4.56. The number of rotatable bonds is 3. The van der Waals surface area contributed by atoms with Gasteiger partial charge in [0.2, 0.25) is 0 Å². The Balaban J connectivity index is 2.13. The molecule has 2 aromatic rings. The van der Waals surface area contributed by atoms with Gasteiger partial charge in [0.05, 0.1) is 5.69 Å². The van der Waals surface area contributed by atoms with Crippen molar-refractivity contribution >= 4 is 17.4 Å². The van der Waals surface area contributed by atoms with Gasteiger partial charge in [0, 0.05) is 31.5 Å². The largest absolute Gasteiger partial charge is 0.397 e. The zero-order chi connectivity index (χ0) is 13.3. The van der Waals surface area contributed by atoms with Crippen molar-refractivity contribution < 1.29 is 4.79 Å². The Bertz CT molecular complexity index is 567. The molecule has 96 valence electrons. The smallest absolute Gasteiger partial charge is 0.273 e. The average Bonchev–Trinajstić information content (AvgIpc) is 2.85. The van der Waals surface area contributed by atoms with Crippen LogP contribution in [0.1, 0.15) is 30.4 Å². The van der Waals surface area contributed by atoms with Gasteiger partial charge >= 0.3 is 0 Å². The van der Waals surface area contributed by atoms with Crippen molar-refractivity contribution in [3.63, 3.8) is 0 Å². The fourth-order valence-electron chi connectivity index (χ4n) is 1.69. The lowest BCUT2D eigenvalue weighted by Gasteiger charge is -2.05. The summed E-state index contributed by atoms with van der Waals surface area (Å²) in [6.45, 7) is 4.05. The number of hydrogen-bond acceptors (Lipinski definition) is 3. The Labute approximate surface area is 105 Å². The van der Waals surface area contributed by atoms with Crippen molar-refractivity contribution in [2.45, 2.75) is 19.9 Å². The number of carbonyl (C=O) groups is 1. The van der Waals surface area contributed by atoms with Crippen LogP contribution in [0, 0.1) is 0 Å². The van der Waals surface area contributed by atoms with Crippen molar-refractivity contribution in [3.8, 4) is 0 Å². The van der Waals surface area contributed by atoms with Crippen LogP contribution in [0.25, 0.3) is 0 Å². The van der Waals surface area contributed by atoms with Crippen LogP contribution in [0.3, 0.4) is 0 Å². The summed E-state index contributed by atoms with van der Waals surface area (Å²) in [7, 11) is 1.78. The summed E-state index contributed by atoms with van der Waals surface area (Å²) >= 11 is 0. The number of aromatic nitrogens is 3. The maximum Gasteiger partial charge on any atom is 0.273 e. The highest BCUT2D eigenvalue weighted by Crippen LogP contribution is 2.12. The van der Waals surface area contributed by atoms with Crippen molar-refractivity contribution in [2.24, 2.45) is 7.05 Å². The van der Waals surface area contributed by atoms with E-state index in [1.807, 2.05) is 20.0 Å². The number of nitrogens with zero attached hydrogens (tertiary/aromatic N) is 3. The number of nitrogens with one attached hydrogen (secondary N) is 1. The Morgan fingerprint density at radius 2 is 2.22 bits per heavy atom. The zero-order valence-corrected chi connectivity index (χ0v) is 10.7. The minimum atomic E-state index is -0.219. The first-order valence-electron chi connectivity index (χ1n) is 5.75. The third-order valence-corrected chi connectivity index (χ3v) is 2.64. The molecule has 2 aromatic heterocycles. The summed E-state index contributed by atoms with van der Waals surface area (Å²) in [5.74, 6) is 0.316. The average molecular weight is 247 g/mol. The van der Waals surface area contributed by atoms with E-state index in [4.69, 9.17) is 5.73 Å². The monoisotopic (exact) mass is 247 g/mol. The molecule has 2 rings (SSSR count). The number of nitrogens with two attached hydrogens (primary N) is 1. The molecule has 0 aliphatic heterocycles. The topological polar surface area (TPSA) is 77.9 Å². The van der Waals surface area contributed by atoms with Gasteiger partial charge in [-0.2, -0.15) is 5.10 Å². The van der Waals surface area contributed by atoms with Crippen molar-refractivity contribution in [3.05, 3.63) is 30.2 Å². The lowest BCUT2D eigenvalue weighted by atomic mass is 10.4. The SMILES string of the molecule is CC(C)n1ccc(NC(=O)c2cc(N)cn2C)n1. The Kier molecular flexibility index (Phi) is 3.10. The van der Waals surface area contributed by atoms with Gasteiger partial charge in [0.1, 0.15) is 5.69 Å². The molecule has 3 N–H and O–H groups in total. The van der Waals surface area contributed by atoms with Gasteiger partial charge in [-0.1, -0.05) is 0 Å². The fourth-order valence-corrected chi connectivity index (χ4v) is 1.69. The molecule has 0 saturated carbocycles. The first-order chi connectivity index (χ1) is 8.47. The molecular formula is C12H17N5O. The van der Waals surface area contributed by atoms with Crippen molar-refractivity contribution in [1.29, 1.82) is 0 Å². The highest BCUT2D eigenvalue weighted by atomic mass is 16.2. The maximum absolute atomic E-state index is 12.0. The molecule has 0 aromatic carbocycles. The predicted molar refractivity (Wildman–Crippen MR) is 70.4 cm³/mol. The number of anilines is 2. The molecule has 0 radical (unpaired) electrons. The van der Waals surface area contributed by atoms with E-state index in [9.17, 15) is 4.79 Å². The van der Waals surface area contributed by atoms with Gasteiger partial charge in [-0.25, -0.2) is 0 Å². The minimum Gasteiger partial charge on any atom is -0.397 e. The van der Waals surface area contributed by atoms with Crippen LogP contribution in [-0.2, 0) is 7.05 Å². The van der Waals surface area contributed by atoms with E-state index in [1.54, 1.807) is 34.6 Å². The summed E-state index contributed by atoms with van der Waals surface area (Å²) < 4.78 is 3.47. The van der Waals surface area contributed by atoms with Crippen LogP contribution in [0.4, 0.5) is 11.5 Å². The minimum absolute atomic E-state index is 0.219. The third-order valence-electron chi connectivity index (χ3n) is 2.64. The van der Waals surface area contributed by atoms with E-state index < -0.39 is 0 Å². The highest BCUT2D eigenvalue weighted by Gasteiger charge is 2.12. The van der Waals surface area contributed by atoms with Crippen LogP contribution in [-0.4, -0.2) is 20.3 Å². The summed E-state index contributed by atoms with van der Waals surface area (Å²) in [5.41, 5.74) is 6.71. The molecule has 6 heteroatoms. The number of nitrogen functional groups attached to an aromatic ring is 1. The second-order valence-corrected chi connectivity index (χ2v) is 4.50. The van der Waals surface area contributed by atoms with Crippen LogP contribution in [0.2, 0.25) is 0 Å². The van der Waals surface area contributed by atoms with Gasteiger partial charge in [0.15, 0.2) is 5.82 Å². The molecule has 2 heterocycles. The summed E-state index contributed by atoms with van der Waals surface area (Å²) in [6.07, 6.45) is 3.53. The van der Waals surface area contributed by atoms with E-state index in [0.29, 0.717) is 17.2 Å². The molecule has 18 heavy (non-hydrogen) atoms. The Morgan fingerprint density at radius 1 is 1.50 bits per heavy atom. The third kappa shape index (κ3) is 2.37. The van der Waals surface area contributed by atoms with Crippen LogP contribution < -0.4 is 11.1 Å². The molecule has 1 amide bonds. The van der Waals surface area contributed by atoms with E-state index in [1.165, 1.54) is 0 Å². The summed E-state index contributed by atoms with van der Waals surface area (Å²) in [6, 6.07) is 3.67. The van der Waals surface area contributed by atoms with Gasteiger partial charge < -0.3 is 15.6 Å². The molecular weight excluding hydrogens is 230 g/mol. The van der Waals surface area contributed by atoms with Crippen LogP contribution in [0.15, 0.2) is 24.5 Å². The highest BCUT2D eigenvalue weighted by molar-refractivity contribution is 6.03. The number of carbonyl (C=O) groups excluding carboxylic acids is 1. The molecule has 0 aliphatic rings. The maximum atomic E-state index is 12.0. The van der Waals surface area contributed by atoms with Gasteiger partial charge in [0.25, 0.3) is 5.91 Å². The van der Waals surface area contributed by atoms with Crippen LogP contribution >= 0.6 is 0 Å². The molecule has 6 nitrogen and oxygen atoms in total. The molecule has 0 unspecified atom stereocenters. The van der Waals surface area contributed by atoms with Crippen molar-refractivity contribution in [1.82, 2.24) is 14.3 Å². The lowest BCUT2D eigenvalue weighted by molar-refractivity contribution is 0.101. The Hall–Kier alpha value is -2.24. The molecule has 0 bridgehead atoms. The molecule has 0 atom stereocenters. The first kappa shape index (κ1) is 12.2. The van der Waals surface area contributed by atoms with E-state index in [-0.39, 0.29) is 11.9 Å². The predicted octanol–water partition coefficient (Wildman–Crippen LogP) is 1.64. The molecule has 0 saturated heterocycles. The van der Waals surface area contributed by atoms with E-state index in [0.717, 1.165) is 0 Å². The fraction of sp³-hybridized carbons (Fsp3) is 0.333. The molecule has 0 fully saturated rings. The summed E-state index contributed by atoms with van der Waals surface area (Å²) in [4.78, 5) is 12.0. The van der Waals surface area contributed by atoms with Crippen LogP contribution in [0.5, 0.6) is 0 Å². The normalized spacial score (nSPS) is 10.9.